The number of sulfonamides is 1. The zero-order chi connectivity index (χ0) is 18.5. The van der Waals surface area contributed by atoms with E-state index < -0.39 is 10.0 Å². The van der Waals surface area contributed by atoms with Gasteiger partial charge in [0, 0.05) is 30.7 Å². The Hall–Kier alpha value is -2.00. The number of piperidine rings is 1. The Labute approximate surface area is 152 Å². The van der Waals surface area contributed by atoms with Crippen LogP contribution in [0, 0.1) is 6.92 Å². The van der Waals surface area contributed by atoms with Gasteiger partial charge in [-0.3, -0.25) is 4.79 Å². The molecule has 0 radical (unpaired) electrons. The number of aromatic nitrogens is 2. The number of carbonyl (C=O) groups is 1. The van der Waals surface area contributed by atoms with E-state index in [0.717, 1.165) is 18.5 Å². The average Bonchev–Trinajstić information content (AvgIpc) is 3.38. The Kier molecular flexibility index (Phi) is 4.23. The number of nitrogens with one attached hydrogen (secondary N) is 1. The largest absolute Gasteiger partial charge is 0.349 e. The standard InChI is InChI=1S/C17H22N4O4S/c1-10-15-13(9-14(11-3-4-11)19-17(15)25-20-10)16(22)18-12-5-7-21(8-6-12)26(2,23)24/h9,11-12H,3-8H2,1-2H3,(H,18,22). The minimum absolute atomic E-state index is 0.0479. The predicted octanol–water partition coefficient (Wildman–Crippen LogP) is 1.56. The van der Waals surface area contributed by atoms with Crippen LogP contribution < -0.4 is 5.32 Å². The number of nitrogens with zero attached hydrogens (tertiary/aromatic N) is 3. The summed E-state index contributed by atoms with van der Waals surface area (Å²) in [6.45, 7) is 2.65. The van der Waals surface area contributed by atoms with E-state index in [1.807, 2.05) is 6.07 Å². The van der Waals surface area contributed by atoms with Gasteiger partial charge in [0.2, 0.25) is 10.0 Å². The van der Waals surface area contributed by atoms with Gasteiger partial charge < -0.3 is 9.84 Å². The zero-order valence-corrected chi connectivity index (χ0v) is 15.7. The van der Waals surface area contributed by atoms with Gasteiger partial charge in [-0.1, -0.05) is 5.16 Å². The minimum atomic E-state index is -3.17. The minimum Gasteiger partial charge on any atom is -0.349 e. The van der Waals surface area contributed by atoms with Crippen LogP contribution in [0.15, 0.2) is 10.6 Å². The number of amides is 1. The van der Waals surface area contributed by atoms with E-state index in [4.69, 9.17) is 4.52 Å². The van der Waals surface area contributed by atoms with Gasteiger partial charge in [-0.15, -0.1) is 0 Å². The third kappa shape index (κ3) is 3.33. The quantitative estimate of drug-likeness (QED) is 0.866. The molecule has 0 aromatic carbocycles. The highest BCUT2D eigenvalue weighted by Crippen LogP contribution is 2.40. The first-order valence-corrected chi connectivity index (χ1v) is 10.7. The van der Waals surface area contributed by atoms with Gasteiger partial charge >= 0.3 is 0 Å². The van der Waals surface area contributed by atoms with Crippen molar-refractivity contribution in [1.29, 1.82) is 0 Å². The molecule has 2 fully saturated rings. The second-order valence-corrected chi connectivity index (χ2v) is 9.21. The van der Waals surface area contributed by atoms with Crippen LogP contribution >= 0.6 is 0 Å². The molecule has 1 saturated heterocycles. The van der Waals surface area contributed by atoms with Crippen LogP contribution in [0.5, 0.6) is 0 Å². The number of aryl methyl sites for hydroxylation is 1. The Bertz CT molecular complexity index is 957. The molecule has 8 nitrogen and oxygen atoms in total. The summed E-state index contributed by atoms with van der Waals surface area (Å²) in [7, 11) is -3.17. The highest BCUT2D eigenvalue weighted by molar-refractivity contribution is 7.88. The molecule has 0 atom stereocenters. The van der Waals surface area contributed by atoms with Crippen molar-refractivity contribution >= 4 is 27.0 Å². The molecular weight excluding hydrogens is 356 g/mol. The summed E-state index contributed by atoms with van der Waals surface area (Å²) in [4.78, 5) is 17.4. The topological polar surface area (TPSA) is 105 Å². The second-order valence-electron chi connectivity index (χ2n) is 7.23. The van der Waals surface area contributed by atoms with Crippen LogP contribution in [0.4, 0.5) is 0 Å². The molecule has 2 aromatic heterocycles. The van der Waals surface area contributed by atoms with Gasteiger partial charge in [0.05, 0.1) is 22.9 Å². The third-order valence-corrected chi connectivity index (χ3v) is 6.44. The van der Waals surface area contributed by atoms with Crippen molar-refractivity contribution in [3.63, 3.8) is 0 Å². The van der Waals surface area contributed by atoms with E-state index in [9.17, 15) is 13.2 Å². The summed E-state index contributed by atoms with van der Waals surface area (Å²) in [5.41, 5.74) is 2.47. The number of carbonyl (C=O) groups excluding carboxylic acids is 1. The van der Waals surface area contributed by atoms with Gasteiger partial charge in [-0.2, -0.15) is 0 Å². The lowest BCUT2D eigenvalue weighted by molar-refractivity contribution is 0.0925. The maximum atomic E-state index is 12.9. The second kappa shape index (κ2) is 6.31. The molecule has 1 aliphatic carbocycles. The number of fused-ring (bicyclic) bond motifs is 1. The molecule has 1 aliphatic heterocycles. The summed E-state index contributed by atoms with van der Waals surface area (Å²) in [6, 6.07) is 1.80. The lowest BCUT2D eigenvalue weighted by atomic mass is 10.0. The Balaban J connectivity index is 1.54. The number of hydrogen-bond acceptors (Lipinski definition) is 6. The molecule has 0 unspecified atom stereocenters. The number of hydrogen-bond donors (Lipinski definition) is 1. The predicted molar refractivity (Wildman–Crippen MR) is 95.4 cm³/mol. The van der Waals surface area contributed by atoms with Crippen LogP contribution in [-0.2, 0) is 10.0 Å². The Morgan fingerprint density at radius 1 is 1.27 bits per heavy atom. The molecule has 1 saturated carbocycles. The highest BCUT2D eigenvalue weighted by atomic mass is 32.2. The van der Waals surface area contributed by atoms with Crippen LogP contribution in [0.25, 0.3) is 11.1 Å². The van der Waals surface area contributed by atoms with Crippen molar-refractivity contribution in [2.75, 3.05) is 19.3 Å². The molecule has 2 aliphatic rings. The molecule has 1 N–H and O–H groups in total. The zero-order valence-electron chi connectivity index (χ0n) is 14.9. The summed E-state index contributed by atoms with van der Waals surface area (Å²) in [6.07, 6.45) is 4.58. The molecule has 140 valence electrons. The average molecular weight is 378 g/mol. The first kappa shape index (κ1) is 17.4. The van der Waals surface area contributed by atoms with E-state index in [-0.39, 0.29) is 11.9 Å². The van der Waals surface area contributed by atoms with Crippen LogP contribution in [0.1, 0.15) is 53.3 Å². The summed E-state index contributed by atoms with van der Waals surface area (Å²) >= 11 is 0. The highest BCUT2D eigenvalue weighted by Gasteiger charge is 2.30. The normalized spacial score (nSPS) is 19.8. The molecule has 0 spiro atoms. The van der Waals surface area contributed by atoms with Crippen molar-refractivity contribution in [2.24, 2.45) is 0 Å². The number of rotatable bonds is 4. The van der Waals surface area contributed by atoms with E-state index in [2.05, 4.69) is 15.5 Å². The number of pyridine rings is 1. The van der Waals surface area contributed by atoms with E-state index in [0.29, 0.717) is 54.2 Å². The Morgan fingerprint density at radius 2 is 1.96 bits per heavy atom. The van der Waals surface area contributed by atoms with Gasteiger partial charge in [-0.25, -0.2) is 17.7 Å². The third-order valence-electron chi connectivity index (χ3n) is 5.14. The maximum Gasteiger partial charge on any atom is 0.259 e. The van der Waals surface area contributed by atoms with Crippen molar-refractivity contribution < 1.29 is 17.7 Å². The van der Waals surface area contributed by atoms with Crippen LogP contribution in [-0.4, -0.2) is 54.2 Å². The van der Waals surface area contributed by atoms with Gasteiger partial charge in [0.1, 0.15) is 0 Å². The fourth-order valence-corrected chi connectivity index (χ4v) is 4.35. The monoisotopic (exact) mass is 378 g/mol. The van der Waals surface area contributed by atoms with Crippen molar-refractivity contribution in [3.05, 3.63) is 23.0 Å². The van der Waals surface area contributed by atoms with Gasteiger partial charge in [0.25, 0.3) is 11.6 Å². The Morgan fingerprint density at radius 3 is 2.58 bits per heavy atom. The molecule has 9 heteroatoms. The first-order chi connectivity index (χ1) is 12.3. The van der Waals surface area contributed by atoms with Crippen LogP contribution in [0.3, 0.4) is 0 Å². The lowest BCUT2D eigenvalue weighted by Gasteiger charge is -2.30. The fourth-order valence-electron chi connectivity index (χ4n) is 3.48. The van der Waals surface area contributed by atoms with E-state index >= 15 is 0 Å². The summed E-state index contributed by atoms with van der Waals surface area (Å²) in [5.74, 6) is 0.220. The molecule has 1 amide bonds. The molecule has 4 rings (SSSR count). The lowest BCUT2D eigenvalue weighted by Crippen LogP contribution is -2.46. The maximum absolute atomic E-state index is 12.9. The summed E-state index contributed by atoms with van der Waals surface area (Å²) in [5, 5.41) is 7.65. The van der Waals surface area contributed by atoms with Crippen molar-refractivity contribution in [3.8, 4) is 0 Å². The smallest absolute Gasteiger partial charge is 0.259 e. The van der Waals surface area contributed by atoms with Gasteiger partial charge in [-0.05, 0) is 38.7 Å². The van der Waals surface area contributed by atoms with Gasteiger partial charge in [0.15, 0.2) is 0 Å². The first-order valence-electron chi connectivity index (χ1n) is 8.86. The van der Waals surface area contributed by atoms with Crippen molar-refractivity contribution in [1.82, 2.24) is 19.8 Å². The molecule has 2 aromatic rings. The molecular formula is C17H22N4O4S. The van der Waals surface area contributed by atoms with E-state index in [1.165, 1.54) is 10.6 Å². The van der Waals surface area contributed by atoms with Crippen LogP contribution in [0.2, 0.25) is 0 Å². The molecule has 0 bridgehead atoms. The molecule has 3 heterocycles. The summed E-state index contributed by atoms with van der Waals surface area (Å²) < 4.78 is 30.0. The van der Waals surface area contributed by atoms with Crippen molar-refractivity contribution in [2.45, 2.75) is 44.6 Å². The SMILES string of the molecule is Cc1noc2nc(C3CC3)cc(C(=O)NC3CCN(S(C)(=O)=O)CC3)c12. The fraction of sp³-hybridized carbons (Fsp3) is 0.588. The molecule has 26 heavy (non-hydrogen) atoms. The van der Waals surface area contributed by atoms with E-state index in [1.54, 1.807) is 6.92 Å².